The monoisotopic (exact) mass is 518 g/mol. The minimum Gasteiger partial charge on any atom is -0.462 e. The van der Waals surface area contributed by atoms with Crippen LogP contribution in [-0.4, -0.2) is 40.0 Å². The van der Waals surface area contributed by atoms with Crippen molar-refractivity contribution in [2.24, 2.45) is 0 Å². The first-order valence-electron chi connectivity index (χ1n) is 11.0. The summed E-state index contributed by atoms with van der Waals surface area (Å²) < 4.78 is 25.6. The number of thiophene rings is 1. The number of rotatable bonds is 8. The van der Waals surface area contributed by atoms with Gasteiger partial charge in [-0.05, 0) is 70.1 Å². The van der Waals surface area contributed by atoms with E-state index >= 15 is 0 Å². The molecule has 0 spiro atoms. The Hall–Kier alpha value is -3.31. The fourth-order valence-corrected chi connectivity index (χ4v) is 4.89. The summed E-state index contributed by atoms with van der Waals surface area (Å²) in [7, 11) is 0. The number of thiocarbonyl (C=S) groups is 1. The van der Waals surface area contributed by atoms with E-state index in [1.54, 1.807) is 31.5 Å². The van der Waals surface area contributed by atoms with Crippen molar-refractivity contribution in [3.63, 3.8) is 0 Å². The van der Waals surface area contributed by atoms with Crippen LogP contribution in [0.15, 0.2) is 24.3 Å². The van der Waals surface area contributed by atoms with Crippen molar-refractivity contribution in [3.8, 4) is 0 Å². The lowest BCUT2D eigenvalue weighted by molar-refractivity contribution is 0.0527. The molecule has 3 rings (SSSR count). The summed E-state index contributed by atoms with van der Waals surface area (Å²) in [6, 6.07) is 6.35. The van der Waals surface area contributed by atoms with Crippen molar-refractivity contribution < 1.29 is 23.5 Å². The predicted octanol–water partition coefficient (Wildman–Crippen LogP) is 5.22. The molecule has 2 heterocycles. The van der Waals surface area contributed by atoms with Gasteiger partial charge in [-0.25, -0.2) is 14.0 Å². The molecule has 0 aliphatic rings. The molecule has 0 amide bonds. The third kappa shape index (κ3) is 6.04. The number of hydrogen-bond acceptors (Lipinski definition) is 7. The lowest BCUT2D eigenvalue weighted by Crippen LogP contribution is -2.21. The predicted molar refractivity (Wildman–Crippen MR) is 138 cm³/mol. The van der Waals surface area contributed by atoms with Gasteiger partial charge in [-0.1, -0.05) is 12.1 Å². The summed E-state index contributed by atoms with van der Waals surface area (Å²) >= 11 is 6.58. The number of anilines is 2. The van der Waals surface area contributed by atoms with E-state index in [9.17, 15) is 14.0 Å². The van der Waals surface area contributed by atoms with Crippen LogP contribution in [0.4, 0.5) is 15.1 Å². The van der Waals surface area contributed by atoms with E-state index in [4.69, 9.17) is 21.7 Å². The highest BCUT2D eigenvalue weighted by atomic mass is 32.1. The first kappa shape index (κ1) is 26.3. The van der Waals surface area contributed by atoms with E-state index in [2.05, 4.69) is 15.7 Å². The zero-order valence-corrected chi connectivity index (χ0v) is 21.8. The van der Waals surface area contributed by atoms with Gasteiger partial charge in [-0.15, -0.1) is 11.3 Å². The van der Waals surface area contributed by atoms with E-state index in [1.165, 1.54) is 12.1 Å². The summed E-state index contributed by atoms with van der Waals surface area (Å²) in [4.78, 5) is 25.3. The second kappa shape index (κ2) is 11.4. The van der Waals surface area contributed by atoms with Crippen molar-refractivity contribution in [2.45, 2.75) is 41.2 Å². The molecule has 0 aliphatic carbocycles. The summed E-state index contributed by atoms with van der Waals surface area (Å²) in [6.07, 6.45) is 0. The molecule has 2 aromatic heterocycles. The molecule has 0 saturated carbocycles. The van der Waals surface area contributed by atoms with Gasteiger partial charge in [0.1, 0.15) is 15.7 Å². The van der Waals surface area contributed by atoms with Gasteiger partial charge in [0.05, 0.1) is 42.4 Å². The quantitative estimate of drug-likeness (QED) is 0.310. The highest BCUT2D eigenvalue weighted by Gasteiger charge is 2.27. The summed E-state index contributed by atoms with van der Waals surface area (Å²) in [5.41, 5.74) is 3.67. The number of aryl methyl sites for hydroxylation is 1. The van der Waals surface area contributed by atoms with Crippen LogP contribution in [0.1, 0.15) is 56.4 Å². The van der Waals surface area contributed by atoms with Crippen molar-refractivity contribution in [2.75, 3.05) is 23.8 Å². The first-order chi connectivity index (χ1) is 16.7. The molecule has 0 bridgehead atoms. The normalized spacial score (nSPS) is 10.7. The Morgan fingerprint density at radius 3 is 2.46 bits per heavy atom. The summed E-state index contributed by atoms with van der Waals surface area (Å²) in [6.45, 7) is 9.59. The molecular formula is C24H27FN4O4S2. The number of halogens is 1. The Labute approximate surface area is 212 Å². The SMILES string of the molecule is CCOC(=O)c1sc(NC(=S)Nc2c(C)nn(Cc3cccc(F)c3)c2C)c(C(=O)OCC)c1C. The summed E-state index contributed by atoms with van der Waals surface area (Å²) in [5, 5.41) is 11.3. The van der Waals surface area contributed by atoms with Crippen LogP contribution in [0, 0.1) is 26.6 Å². The van der Waals surface area contributed by atoms with Crippen molar-refractivity contribution in [1.82, 2.24) is 9.78 Å². The number of nitrogens with zero attached hydrogens (tertiary/aromatic N) is 2. The maximum atomic E-state index is 13.6. The smallest absolute Gasteiger partial charge is 0.348 e. The Bertz CT molecular complexity index is 1270. The van der Waals surface area contributed by atoms with Gasteiger partial charge in [0.2, 0.25) is 0 Å². The number of nitrogens with one attached hydrogen (secondary N) is 2. The topological polar surface area (TPSA) is 94.5 Å². The molecule has 0 saturated heterocycles. The van der Waals surface area contributed by atoms with Crippen LogP contribution in [-0.2, 0) is 16.0 Å². The highest BCUT2D eigenvalue weighted by molar-refractivity contribution is 7.80. The molecule has 0 fully saturated rings. The van der Waals surface area contributed by atoms with Gasteiger partial charge in [-0.2, -0.15) is 5.10 Å². The third-order valence-corrected chi connectivity index (χ3v) is 6.55. The second-order valence-corrected chi connectivity index (χ2v) is 9.04. The van der Waals surface area contributed by atoms with Crippen molar-refractivity contribution >= 4 is 51.3 Å². The maximum Gasteiger partial charge on any atom is 0.348 e. The molecule has 186 valence electrons. The van der Waals surface area contributed by atoms with Gasteiger partial charge < -0.3 is 20.1 Å². The number of benzene rings is 1. The fraction of sp³-hybridized carbons (Fsp3) is 0.333. The summed E-state index contributed by atoms with van der Waals surface area (Å²) in [5.74, 6) is -1.38. The minimum absolute atomic E-state index is 0.188. The molecule has 2 N–H and O–H groups in total. The molecule has 0 radical (unpaired) electrons. The Morgan fingerprint density at radius 1 is 1.11 bits per heavy atom. The largest absolute Gasteiger partial charge is 0.462 e. The number of aromatic nitrogens is 2. The number of esters is 2. The van der Waals surface area contributed by atoms with Crippen LogP contribution in [0.3, 0.4) is 0 Å². The zero-order chi connectivity index (χ0) is 25.7. The molecule has 35 heavy (non-hydrogen) atoms. The van der Waals surface area contributed by atoms with E-state index in [0.717, 1.165) is 22.6 Å². The van der Waals surface area contributed by atoms with Crippen LogP contribution in [0.5, 0.6) is 0 Å². The number of ether oxygens (including phenoxy) is 2. The van der Waals surface area contributed by atoms with Crippen LogP contribution >= 0.6 is 23.6 Å². The van der Waals surface area contributed by atoms with Gasteiger partial charge >= 0.3 is 11.9 Å². The Kier molecular flexibility index (Phi) is 8.57. The molecule has 8 nitrogen and oxygen atoms in total. The average Bonchev–Trinajstić information content (AvgIpc) is 3.25. The highest BCUT2D eigenvalue weighted by Crippen LogP contribution is 2.34. The van der Waals surface area contributed by atoms with Crippen molar-refractivity contribution in [3.05, 3.63) is 63.0 Å². The van der Waals surface area contributed by atoms with Gasteiger partial charge in [0, 0.05) is 0 Å². The molecule has 1 aromatic carbocycles. The van der Waals surface area contributed by atoms with Crippen molar-refractivity contribution in [1.29, 1.82) is 0 Å². The maximum absolute atomic E-state index is 13.6. The molecule has 0 aliphatic heterocycles. The Balaban J connectivity index is 1.84. The zero-order valence-electron chi connectivity index (χ0n) is 20.2. The fourth-order valence-electron chi connectivity index (χ4n) is 3.53. The van der Waals surface area contributed by atoms with Gasteiger partial charge in [-0.3, -0.25) is 4.68 Å². The third-order valence-electron chi connectivity index (χ3n) is 5.16. The standard InChI is InChI=1S/C24H27FN4O4S2/c1-6-32-22(30)18-13(3)20(23(31)33-7-2)35-21(18)27-24(34)26-19-14(4)28-29(15(19)5)12-16-9-8-10-17(25)11-16/h8-11H,6-7,12H2,1-5H3,(H2,26,27,34). The Morgan fingerprint density at radius 2 is 1.80 bits per heavy atom. The molecule has 0 atom stereocenters. The number of carbonyl (C=O) groups excluding carboxylic acids is 2. The van der Waals surface area contributed by atoms with Gasteiger partial charge in [0.15, 0.2) is 5.11 Å². The lowest BCUT2D eigenvalue weighted by atomic mass is 10.1. The molecular weight excluding hydrogens is 491 g/mol. The van der Waals surface area contributed by atoms with E-state index in [1.807, 2.05) is 19.9 Å². The molecule has 3 aromatic rings. The number of carbonyl (C=O) groups is 2. The van der Waals surface area contributed by atoms with E-state index in [-0.39, 0.29) is 29.7 Å². The van der Waals surface area contributed by atoms with Crippen LogP contribution < -0.4 is 10.6 Å². The minimum atomic E-state index is -0.558. The first-order valence-corrected chi connectivity index (χ1v) is 12.2. The van der Waals surface area contributed by atoms with Crippen LogP contribution in [0.2, 0.25) is 0 Å². The average molecular weight is 519 g/mol. The van der Waals surface area contributed by atoms with Gasteiger partial charge in [0.25, 0.3) is 0 Å². The molecule has 0 unspecified atom stereocenters. The lowest BCUT2D eigenvalue weighted by Gasteiger charge is -2.12. The number of hydrogen-bond donors (Lipinski definition) is 2. The van der Waals surface area contributed by atoms with E-state index in [0.29, 0.717) is 33.4 Å². The van der Waals surface area contributed by atoms with E-state index < -0.39 is 11.9 Å². The van der Waals surface area contributed by atoms with Crippen LogP contribution in [0.25, 0.3) is 0 Å². The molecule has 11 heteroatoms. The second-order valence-electron chi connectivity index (χ2n) is 7.61.